The molecule has 3 aromatic rings. The van der Waals surface area contributed by atoms with Crippen LogP contribution in [0.2, 0.25) is 0 Å². The van der Waals surface area contributed by atoms with Crippen molar-refractivity contribution in [1.29, 1.82) is 5.26 Å². The largest absolute Gasteiger partial charge is 0.394 e. The van der Waals surface area contributed by atoms with Gasteiger partial charge in [-0.15, -0.1) is 0 Å². The zero-order valence-electron chi connectivity index (χ0n) is 18.5. The van der Waals surface area contributed by atoms with E-state index >= 15 is 0 Å². The molecule has 5 atom stereocenters. The fourth-order valence-electron chi connectivity index (χ4n) is 5.33. The molecule has 1 aliphatic heterocycles. The molecule has 4 N–H and O–H groups in total. The van der Waals surface area contributed by atoms with Gasteiger partial charge in [-0.1, -0.05) is 54.7 Å². The third kappa shape index (κ3) is 3.57. The highest BCUT2D eigenvalue weighted by Crippen LogP contribution is 2.41. The van der Waals surface area contributed by atoms with Crippen molar-refractivity contribution in [2.24, 2.45) is 0 Å². The van der Waals surface area contributed by atoms with Crippen LogP contribution >= 0.6 is 12.2 Å². The summed E-state index contributed by atoms with van der Waals surface area (Å²) >= 11 is 5.81. The second kappa shape index (κ2) is 9.19. The molecule has 176 valence electrons. The van der Waals surface area contributed by atoms with Crippen LogP contribution in [0.25, 0.3) is 21.9 Å². The molecule has 0 spiro atoms. The van der Waals surface area contributed by atoms with Crippen molar-refractivity contribution in [3.05, 3.63) is 63.9 Å². The van der Waals surface area contributed by atoms with Gasteiger partial charge in [0, 0.05) is 11.3 Å². The van der Waals surface area contributed by atoms with Crippen molar-refractivity contribution >= 4 is 23.0 Å². The van der Waals surface area contributed by atoms with Gasteiger partial charge in [0.1, 0.15) is 35.1 Å². The van der Waals surface area contributed by atoms with Crippen molar-refractivity contribution in [3.8, 4) is 17.2 Å². The third-order valence-electron chi connectivity index (χ3n) is 7.01. The van der Waals surface area contributed by atoms with Gasteiger partial charge in [0.2, 0.25) is 0 Å². The minimum absolute atomic E-state index is 0.204. The highest BCUT2D eigenvalue weighted by Gasteiger charge is 2.45. The second-order valence-corrected chi connectivity index (χ2v) is 9.30. The van der Waals surface area contributed by atoms with E-state index in [1.54, 1.807) is 4.57 Å². The molecule has 2 heterocycles. The van der Waals surface area contributed by atoms with Crippen molar-refractivity contribution in [2.75, 3.05) is 6.61 Å². The van der Waals surface area contributed by atoms with E-state index in [9.17, 15) is 25.7 Å². The van der Waals surface area contributed by atoms with Gasteiger partial charge in [0.25, 0.3) is 0 Å². The molecule has 2 aliphatic rings. The number of pyridine rings is 1. The normalized spacial score (nSPS) is 26.7. The molecule has 0 saturated carbocycles. The molecule has 8 heteroatoms. The van der Waals surface area contributed by atoms with Crippen molar-refractivity contribution in [2.45, 2.75) is 56.3 Å². The van der Waals surface area contributed by atoms with E-state index in [-0.39, 0.29) is 4.64 Å². The molecule has 1 saturated heterocycles. The van der Waals surface area contributed by atoms with Gasteiger partial charge < -0.3 is 29.7 Å². The van der Waals surface area contributed by atoms with Crippen molar-refractivity contribution in [3.63, 3.8) is 0 Å². The van der Waals surface area contributed by atoms with Gasteiger partial charge in [0.15, 0.2) is 6.23 Å². The Balaban J connectivity index is 1.79. The van der Waals surface area contributed by atoms with Gasteiger partial charge in [-0.25, -0.2) is 0 Å². The molecule has 1 aromatic heterocycles. The van der Waals surface area contributed by atoms with Crippen LogP contribution in [0.1, 0.15) is 35.9 Å². The van der Waals surface area contributed by atoms with E-state index in [0.717, 1.165) is 52.4 Å². The number of ether oxygens (including phenoxy) is 1. The van der Waals surface area contributed by atoms with E-state index in [1.165, 1.54) is 0 Å². The molecule has 0 unspecified atom stereocenters. The number of nitriles is 1. The van der Waals surface area contributed by atoms with Crippen LogP contribution in [-0.4, -0.2) is 56.0 Å². The lowest BCUT2D eigenvalue weighted by atomic mass is 9.84. The van der Waals surface area contributed by atoms with Gasteiger partial charge in [-0.05, 0) is 47.6 Å². The van der Waals surface area contributed by atoms with E-state index in [0.29, 0.717) is 12.0 Å². The van der Waals surface area contributed by atoms with E-state index in [1.807, 2.05) is 42.5 Å². The van der Waals surface area contributed by atoms with Gasteiger partial charge >= 0.3 is 0 Å². The number of aliphatic hydroxyl groups is 4. The minimum atomic E-state index is -1.53. The molecule has 0 amide bonds. The maximum absolute atomic E-state index is 10.8. The first-order chi connectivity index (χ1) is 16.5. The Hall–Kier alpha value is -2.64. The highest BCUT2D eigenvalue weighted by molar-refractivity contribution is 7.71. The van der Waals surface area contributed by atoms with E-state index < -0.39 is 37.3 Å². The fourth-order valence-corrected chi connectivity index (χ4v) is 5.70. The first-order valence-electron chi connectivity index (χ1n) is 11.5. The van der Waals surface area contributed by atoms with Crippen molar-refractivity contribution in [1.82, 2.24) is 4.57 Å². The van der Waals surface area contributed by atoms with Gasteiger partial charge in [-0.2, -0.15) is 5.26 Å². The predicted octanol–water partition coefficient (Wildman–Crippen LogP) is 2.76. The number of nitrogens with zero attached hydrogens (tertiary/aromatic N) is 2. The Morgan fingerprint density at radius 3 is 2.50 bits per heavy atom. The van der Waals surface area contributed by atoms with Crippen LogP contribution in [0.15, 0.2) is 42.5 Å². The number of aliphatic hydroxyl groups excluding tert-OH is 4. The number of fused-ring (bicyclic) bond motifs is 2. The summed E-state index contributed by atoms with van der Waals surface area (Å²) in [6.45, 7) is -0.532. The molecule has 5 rings (SSSR count). The Kier molecular flexibility index (Phi) is 6.25. The third-order valence-corrected chi connectivity index (χ3v) is 7.41. The fraction of sp³-hybridized carbons (Fsp3) is 0.385. The topological polar surface area (TPSA) is 119 Å². The standard InChI is InChI=1S/C26H26N2O5S/c27-12-18-21(16-10-5-7-14-6-1-2-8-15(14)16)17-9-3-4-11-19(17)28(26(18)34)25-24(32)23(31)22(30)20(13-29)33-25/h1-2,5-8,10,20,22-25,29-32H,3-4,9,11,13H2/t20-,22+,23+,24-,25-/m1/s1. The number of rotatable bonds is 3. The molecule has 34 heavy (non-hydrogen) atoms. The first kappa shape index (κ1) is 23.1. The summed E-state index contributed by atoms with van der Waals surface area (Å²) in [4.78, 5) is 0. The van der Waals surface area contributed by atoms with Crippen LogP contribution in [0.3, 0.4) is 0 Å². The summed E-state index contributed by atoms with van der Waals surface area (Å²) in [6.07, 6.45) is -3.43. The molecule has 0 radical (unpaired) electrons. The Bertz CT molecular complexity index is 1340. The SMILES string of the molecule is N#Cc1c(-c2cccc3ccccc23)c2c(n([C@@H]3O[C@H](CO)[C@H](O)[C@H](O)[C@H]3O)c1=S)CCCC2. The second-order valence-electron chi connectivity index (χ2n) is 8.92. The van der Waals surface area contributed by atoms with Crippen LogP contribution in [0.5, 0.6) is 0 Å². The highest BCUT2D eigenvalue weighted by atomic mass is 32.1. The lowest BCUT2D eigenvalue weighted by Crippen LogP contribution is -2.57. The van der Waals surface area contributed by atoms with Crippen LogP contribution < -0.4 is 0 Å². The number of benzene rings is 2. The van der Waals surface area contributed by atoms with Crippen LogP contribution in [0, 0.1) is 16.0 Å². The molecule has 2 aromatic carbocycles. The average Bonchev–Trinajstić information content (AvgIpc) is 2.87. The summed E-state index contributed by atoms with van der Waals surface area (Å²) < 4.78 is 7.68. The maximum Gasteiger partial charge on any atom is 0.164 e. The zero-order valence-corrected chi connectivity index (χ0v) is 19.3. The number of hydrogen-bond donors (Lipinski definition) is 4. The lowest BCUT2D eigenvalue weighted by molar-refractivity contribution is -0.252. The van der Waals surface area contributed by atoms with Gasteiger partial charge in [-0.3, -0.25) is 0 Å². The monoisotopic (exact) mass is 478 g/mol. The molecule has 0 bridgehead atoms. The summed E-state index contributed by atoms with van der Waals surface area (Å²) in [7, 11) is 0. The maximum atomic E-state index is 10.8. The summed E-state index contributed by atoms with van der Waals surface area (Å²) in [5.74, 6) is 0. The molecule has 1 aliphatic carbocycles. The lowest BCUT2D eigenvalue weighted by Gasteiger charge is -2.42. The Morgan fingerprint density at radius 2 is 1.74 bits per heavy atom. The van der Waals surface area contributed by atoms with E-state index in [2.05, 4.69) is 6.07 Å². The molecular formula is C26H26N2O5S. The summed E-state index contributed by atoms with van der Waals surface area (Å²) in [5, 5.41) is 53.5. The van der Waals surface area contributed by atoms with Gasteiger partial charge in [0.05, 0.1) is 12.2 Å². The van der Waals surface area contributed by atoms with Crippen LogP contribution in [0.4, 0.5) is 0 Å². The van der Waals surface area contributed by atoms with Crippen molar-refractivity contribution < 1.29 is 25.2 Å². The molecule has 1 fully saturated rings. The first-order valence-corrected chi connectivity index (χ1v) is 11.9. The smallest absolute Gasteiger partial charge is 0.164 e. The Morgan fingerprint density at radius 1 is 1.00 bits per heavy atom. The number of aromatic nitrogens is 1. The Labute approximate surface area is 202 Å². The molecule has 7 nitrogen and oxygen atoms in total. The summed E-state index contributed by atoms with van der Waals surface area (Å²) in [6, 6.07) is 16.3. The predicted molar refractivity (Wildman–Crippen MR) is 129 cm³/mol. The minimum Gasteiger partial charge on any atom is -0.394 e. The van der Waals surface area contributed by atoms with Crippen LogP contribution in [-0.2, 0) is 17.6 Å². The molecular weight excluding hydrogens is 452 g/mol. The van der Waals surface area contributed by atoms with E-state index in [4.69, 9.17) is 17.0 Å². The number of hydrogen-bond acceptors (Lipinski definition) is 7. The zero-order chi connectivity index (χ0) is 24.0. The quantitative estimate of drug-likeness (QED) is 0.428. The average molecular weight is 479 g/mol. The summed E-state index contributed by atoms with van der Waals surface area (Å²) in [5.41, 5.74) is 3.87.